The third kappa shape index (κ3) is 15.5. The lowest BCUT2D eigenvalue weighted by Crippen LogP contribution is -2.12. The fourth-order valence-corrected chi connectivity index (χ4v) is 10.9. The molecule has 2 atom stereocenters. The molecule has 11 nitrogen and oxygen atoms in total. The number of halogens is 10. The van der Waals surface area contributed by atoms with Crippen molar-refractivity contribution in [3.63, 3.8) is 0 Å². The molecule has 21 heteroatoms. The smallest absolute Gasteiger partial charge is 0.210 e. The molecule has 0 amide bonds. The van der Waals surface area contributed by atoms with Crippen molar-refractivity contribution in [1.82, 2.24) is 0 Å². The van der Waals surface area contributed by atoms with Gasteiger partial charge in [-0.2, -0.15) is 0 Å². The van der Waals surface area contributed by atoms with Gasteiger partial charge in [0, 0.05) is 17.0 Å². The number of hydrogen-bond donors (Lipinski definition) is 1. The third-order valence-corrected chi connectivity index (χ3v) is 16.3. The Morgan fingerprint density at radius 2 is 0.989 bits per heavy atom. The number of ketones is 1. The largest absolute Gasteiger partial charge is 0.496 e. The first-order chi connectivity index (χ1) is 43.9. The summed E-state index contributed by atoms with van der Waals surface area (Å²) in [5.41, 5.74) is 1.36. The minimum Gasteiger partial charge on any atom is -0.496 e. The maximum absolute atomic E-state index is 14.0. The normalized spacial score (nSPS) is 11.6. The summed E-state index contributed by atoms with van der Waals surface area (Å²) < 4.78 is 110. The molecule has 0 saturated heterocycles. The van der Waals surface area contributed by atoms with Gasteiger partial charge in [-0.15, -0.1) is 0 Å². The zero-order valence-corrected chi connectivity index (χ0v) is 55.8. The Balaban J connectivity index is 0.000000150. The number of benzene rings is 8. The van der Waals surface area contributed by atoms with E-state index >= 15 is 0 Å². The zero-order chi connectivity index (χ0) is 66.8. The van der Waals surface area contributed by atoms with Crippen LogP contribution in [-0.2, 0) is 5.33 Å². The van der Waals surface area contributed by atoms with Crippen LogP contribution in [0.5, 0.6) is 5.75 Å². The minimum absolute atomic E-state index is 0.00625. The van der Waals surface area contributed by atoms with Gasteiger partial charge in [0.2, 0.25) is 21.7 Å². The molecule has 472 valence electrons. The van der Waals surface area contributed by atoms with Crippen LogP contribution in [0.3, 0.4) is 0 Å². The van der Waals surface area contributed by atoms with Crippen molar-refractivity contribution in [1.29, 1.82) is 0 Å². The molecule has 1 N–H and O–H groups in total. The van der Waals surface area contributed by atoms with Gasteiger partial charge in [0.15, 0.2) is 11.5 Å². The van der Waals surface area contributed by atoms with E-state index in [1.165, 1.54) is 99.0 Å². The second kappa shape index (κ2) is 30.8. The highest BCUT2D eigenvalue weighted by Crippen LogP contribution is 2.35. The molecular formula is C71H52Br4F6O11. The summed E-state index contributed by atoms with van der Waals surface area (Å²) in [6, 6.07) is 42.4. The van der Waals surface area contributed by atoms with Crippen LogP contribution in [0.25, 0.3) is 77.3 Å². The van der Waals surface area contributed by atoms with E-state index < -0.39 is 51.8 Å². The summed E-state index contributed by atoms with van der Waals surface area (Å²) in [5, 5.41) is 9.96. The molecule has 0 aliphatic heterocycles. The van der Waals surface area contributed by atoms with E-state index in [0.29, 0.717) is 59.6 Å². The van der Waals surface area contributed by atoms with E-state index in [1.807, 2.05) is 51.1 Å². The first kappa shape index (κ1) is 69.4. The van der Waals surface area contributed by atoms with Crippen molar-refractivity contribution in [2.24, 2.45) is 5.92 Å². The molecule has 0 aliphatic rings. The maximum Gasteiger partial charge on any atom is 0.210 e. The molecular weight excluding hydrogens is 1460 g/mol. The first-order valence-electron chi connectivity index (χ1n) is 27.8. The number of aliphatic hydroxyl groups excluding tert-OH is 1. The second-order valence-corrected chi connectivity index (χ2v) is 24.2. The van der Waals surface area contributed by atoms with Gasteiger partial charge in [-0.05, 0) is 137 Å². The maximum atomic E-state index is 14.0. The lowest BCUT2D eigenvalue weighted by Gasteiger charge is -2.15. The van der Waals surface area contributed by atoms with Crippen LogP contribution in [0.1, 0.15) is 72.0 Å². The van der Waals surface area contributed by atoms with Crippen molar-refractivity contribution < 1.29 is 58.6 Å². The standard InChI is InChI=1S/C17H12BrFO2.C17H10F2O3.C16H9BrF2O2.C11H9BrO3.C10H12BrFO/c1-10(18)17-14(11-6-3-2-4-7-11)16(20)15-12(19)8-5-9-13(15)21-17;1-9(20)17-14(10-4-2-5-11(18)8-10)16(21)15-12(19)6-3-7-13(15)22-17;17-8-13-14(9-3-1-4-10(18)7-9)16(20)15-11(19)5-2-6-12(15)21-13;1-6-10(12)11(13)9-7(14-2)4-3-5-8(9)15-6;1-6(2)10(13)8-4-3-7(11)5-9(8)12/h2-10H,1H3;2-8H,1H3;1-7H,8H2;3-5H,1-2H3;3-6,10,13H,1-2H3. The van der Waals surface area contributed by atoms with Crippen LogP contribution in [0, 0.1) is 47.7 Å². The lowest BCUT2D eigenvalue weighted by atomic mass is 9.99. The summed E-state index contributed by atoms with van der Waals surface area (Å²) in [6.45, 7) is 8.55. The summed E-state index contributed by atoms with van der Waals surface area (Å²) in [6.07, 6.45) is -0.729. The number of rotatable bonds is 9. The third-order valence-electron chi connectivity index (χ3n) is 13.9. The SMILES string of the molecule is CC(=O)c1oc2cccc(F)c2c(=O)c1-c1cccc(F)c1.CC(Br)c1oc2cccc(F)c2c(=O)c1-c1ccccc1.CC(C)C(O)c1ccc(Br)cc1F.COc1cccc2oc(C)c(Br)c(=O)c12.O=c1c(-c2cccc(F)c2)c(CBr)oc2cccc(F)c12. The van der Waals surface area contributed by atoms with Crippen LogP contribution in [0.15, 0.2) is 216 Å². The minimum atomic E-state index is -0.751. The molecule has 12 rings (SSSR count). The molecule has 4 heterocycles. The van der Waals surface area contributed by atoms with E-state index in [-0.39, 0.29) is 88.1 Å². The van der Waals surface area contributed by atoms with Gasteiger partial charge in [0.1, 0.15) is 106 Å². The van der Waals surface area contributed by atoms with Crippen molar-refractivity contribution in [2.45, 2.75) is 50.9 Å². The fourth-order valence-electron chi connectivity index (χ4n) is 9.57. The first-order valence-corrected chi connectivity index (χ1v) is 31.4. The quantitative estimate of drug-likeness (QED) is 0.0830. The molecule has 0 aliphatic carbocycles. The molecule has 8 aromatic carbocycles. The van der Waals surface area contributed by atoms with E-state index in [1.54, 1.807) is 49.4 Å². The predicted molar refractivity (Wildman–Crippen MR) is 359 cm³/mol. The van der Waals surface area contributed by atoms with Crippen molar-refractivity contribution >= 4 is 113 Å². The van der Waals surface area contributed by atoms with Crippen LogP contribution in [-0.4, -0.2) is 18.0 Å². The van der Waals surface area contributed by atoms with Gasteiger partial charge in [-0.3, -0.25) is 24.0 Å². The molecule has 0 saturated carbocycles. The van der Waals surface area contributed by atoms with E-state index in [9.17, 15) is 55.4 Å². The number of ether oxygens (including phenoxy) is 1. The number of aliphatic hydroxyl groups is 1. The molecule has 2 unspecified atom stereocenters. The predicted octanol–water partition coefficient (Wildman–Crippen LogP) is 19.8. The van der Waals surface area contributed by atoms with E-state index in [4.69, 9.17) is 22.4 Å². The van der Waals surface area contributed by atoms with Gasteiger partial charge >= 0.3 is 0 Å². The average molecular weight is 1510 g/mol. The summed E-state index contributed by atoms with van der Waals surface area (Å²) in [7, 11) is 1.53. The number of alkyl halides is 2. The average Bonchev–Trinajstić information content (AvgIpc) is 0.785. The Bertz CT molecular complexity index is 4970. The monoisotopic (exact) mass is 1510 g/mol. The number of fused-ring (bicyclic) bond motifs is 4. The highest BCUT2D eigenvalue weighted by molar-refractivity contribution is 9.11. The zero-order valence-electron chi connectivity index (χ0n) is 49.4. The highest BCUT2D eigenvalue weighted by Gasteiger charge is 2.24. The topological polar surface area (TPSA) is 167 Å². The Morgan fingerprint density at radius 1 is 0.522 bits per heavy atom. The Labute approximate surface area is 554 Å². The Morgan fingerprint density at radius 3 is 1.48 bits per heavy atom. The van der Waals surface area contributed by atoms with Crippen molar-refractivity contribution in [3.05, 3.63) is 283 Å². The van der Waals surface area contributed by atoms with Crippen molar-refractivity contribution in [2.75, 3.05) is 7.11 Å². The Hall–Kier alpha value is -8.47. The highest BCUT2D eigenvalue weighted by atomic mass is 79.9. The van der Waals surface area contributed by atoms with Gasteiger partial charge in [0.25, 0.3) is 0 Å². The molecule has 0 spiro atoms. The van der Waals surface area contributed by atoms with Crippen LogP contribution < -0.4 is 26.5 Å². The number of carbonyl (C=O) groups is 1. The van der Waals surface area contributed by atoms with Gasteiger partial charge in [-0.25, -0.2) is 26.3 Å². The van der Waals surface area contributed by atoms with E-state index in [2.05, 4.69) is 63.7 Å². The molecule has 4 aromatic heterocycles. The van der Waals surface area contributed by atoms with E-state index in [0.717, 1.165) is 17.7 Å². The fraction of sp³-hybridized carbons (Fsp3) is 0.141. The molecule has 92 heavy (non-hydrogen) atoms. The molecule has 0 radical (unpaired) electrons. The number of methoxy groups -OCH3 is 1. The van der Waals surface area contributed by atoms with Gasteiger partial charge in [-0.1, -0.05) is 147 Å². The van der Waals surface area contributed by atoms with Gasteiger partial charge < -0.3 is 27.5 Å². The second-order valence-electron chi connectivity index (χ2n) is 20.6. The number of aryl methyl sites for hydroxylation is 1. The van der Waals surface area contributed by atoms with Crippen LogP contribution in [0.2, 0.25) is 0 Å². The van der Waals surface area contributed by atoms with Gasteiger partial charge in [0.05, 0.1) is 40.1 Å². The molecule has 0 fully saturated rings. The summed E-state index contributed by atoms with van der Waals surface area (Å²) in [4.78, 5) is 61.5. The number of hydrogen-bond acceptors (Lipinski definition) is 11. The number of Topliss-reactive ketones (excluding diaryl/α,β-unsaturated/α-hetero) is 1. The van der Waals surface area contributed by atoms with Crippen LogP contribution >= 0.6 is 63.7 Å². The summed E-state index contributed by atoms with van der Waals surface area (Å²) in [5.74, 6) is -2.12. The Kier molecular flexibility index (Phi) is 23.2. The lowest BCUT2D eigenvalue weighted by molar-refractivity contribution is 0.0988. The molecule has 12 aromatic rings. The van der Waals surface area contributed by atoms with Crippen molar-refractivity contribution in [3.8, 4) is 39.1 Å². The molecule has 0 bridgehead atoms. The number of carbonyl (C=O) groups excluding carboxylic acids is 1. The summed E-state index contributed by atoms with van der Waals surface area (Å²) >= 11 is 13.0. The van der Waals surface area contributed by atoms with Crippen LogP contribution in [0.4, 0.5) is 26.3 Å².